The molecular formula is C23H33FN6O2. The van der Waals surface area contributed by atoms with E-state index in [1.54, 1.807) is 19.2 Å². The van der Waals surface area contributed by atoms with Gasteiger partial charge in [-0.05, 0) is 17.7 Å². The van der Waals surface area contributed by atoms with Crippen molar-refractivity contribution in [2.75, 3.05) is 51.8 Å². The summed E-state index contributed by atoms with van der Waals surface area (Å²) in [7, 11) is 1.71. The highest BCUT2D eigenvalue weighted by molar-refractivity contribution is 5.98. The molecule has 1 aliphatic heterocycles. The Labute approximate surface area is 188 Å². The van der Waals surface area contributed by atoms with Gasteiger partial charge < -0.3 is 15.0 Å². The first-order chi connectivity index (χ1) is 15.3. The molecule has 8 nitrogen and oxygen atoms in total. The van der Waals surface area contributed by atoms with Crippen LogP contribution in [-0.2, 0) is 16.7 Å². The maximum atomic E-state index is 13.4. The largest absolute Gasteiger partial charge is 0.379 e. The number of aliphatic imine (C=N–C) groups is 1. The molecular weight excluding hydrogens is 411 g/mol. The number of H-pyrrole nitrogens is 1. The summed E-state index contributed by atoms with van der Waals surface area (Å²) < 4.78 is 18.9. The zero-order valence-electron chi connectivity index (χ0n) is 19.3. The number of nitrogens with zero attached hydrogens (tertiary/aromatic N) is 4. The third-order valence-electron chi connectivity index (χ3n) is 5.48. The van der Waals surface area contributed by atoms with Gasteiger partial charge in [0.1, 0.15) is 11.5 Å². The highest BCUT2D eigenvalue weighted by atomic mass is 19.1. The number of aromatic nitrogens is 2. The molecule has 0 aliphatic carbocycles. The Kier molecular flexibility index (Phi) is 7.98. The lowest BCUT2D eigenvalue weighted by atomic mass is 9.91. The van der Waals surface area contributed by atoms with E-state index in [0.717, 1.165) is 50.4 Å². The average Bonchev–Trinajstić information content (AvgIpc) is 3.20. The van der Waals surface area contributed by atoms with Crippen LogP contribution in [0.5, 0.6) is 0 Å². The van der Waals surface area contributed by atoms with Crippen molar-refractivity contribution < 1.29 is 13.9 Å². The summed E-state index contributed by atoms with van der Waals surface area (Å²) in [6.07, 6.45) is 0.736. The number of guanidine groups is 1. The lowest BCUT2D eigenvalue weighted by Crippen LogP contribution is -2.44. The summed E-state index contributed by atoms with van der Waals surface area (Å²) in [5.41, 5.74) is 2.49. The van der Waals surface area contributed by atoms with Gasteiger partial charge in [0.05, 0.1) is 24.6 Å². The predicted molar refractivity (Wildman–Crippen MR) is 124 cm³/mol. The fourth-order valence-electron chi connectivity index (χ4n) is 3.66. The van der Waals surface area contributed by atoms with Crippen LogP contribution in [0.15, 0.2) is 29.3 Å². The van der Waals surface area contributed by atoms with Gasteiger partial charge in [-0.25, -0.2) is 4.39 Å². The monoisotopic (exact) mass is 444 g/mol. The van der Waals surface area contributed by atoms with Crippen LogP contribution in [0.2, 0.25) is 0 Å². The Morgan fingerprint density at radius 2 is 2.00 bits per heavy atom. The molecule has 1 fully saturated rings. The van der Waals surface area contributed by atoms with E-state index >= 15 is 0 Å². The van der Waals surface area contributed by atoms with Gasteiger partial charge in [0, 0.05) is 45.2 Å². The zero-order chi connectivity index (χ0) is 23.1. The molecule has 0 unspecified atom stereocenters. The molecule has 174 valence electrons. The number of rotatable bonds is 7. The van der Waals surface area contributed by atoms with Crippen LogP contribution in [0.3, 0.4) is 0 Å². The standard InChI is InChI=1S/C23H33FN6O2/c1-23(2,3)21-20(19(16-31)27-28-21)26-22(25-4)30(10-9-29-11-13-32-14-12-29)15-17-5-7-18(24)8-6-17/h5-8,16H,9-15H2,1-4H3,(H,25,26)(H,27,28). The molecule has 2 N–H and O–H groups in total. The van der Waals surface area contributed by atoms with E-state index < -0.39 is 0 Å². The predicted octanol–water partition coefficient (Wildman–Crippen LogP) is 2.89. The minimum Gasteiger partial charge on any atom is -0.379 e. The molecule has 9 heteroatoms. The second-order valence-corrected chi connectivity index (χ2v) is 8.90. The minimum absolute atomic E-state index is 0.245. The van der Waals surface area contributed by atoms with Crippen LogP contribution < -0.4 is 5.32 Å². The molecule has 0 amide bonds. The van der Waals surface area contributed by atoms with Crippen molar-refractivity contribution in [3.63, 3.8) is 0 Å². The summed E-state index contributed by atoms with van der Waals surface area (Å²) >= 11 is 0. The summed E-state index contributed by atoms with van der Waals surface area (Å²) in [5, 5.41) is 10.5. The van der Waals surface area contributed by atoms with Crippen LogP contribution in [0.1, 0.15) is 42.5 Å². The summed E-state index contributed by atoms with van der Waals surface area (Å²) in [4.78, 5) is 20.6. The number of benzene rings is 1. The van der Waals surface area contributed by atoms with E-state index in [9.17, 15) is 9.18 Å². The van der Waals surface area contributed by atoms with Crippen molar-refractivity contribution >= 4 is 17.9 Å². The van der Waals surface area contributed by atoms with Crippen LogP contribution in [0.25, 0.3) is 0 Å². The van der Waals surface area contributed by atoms with E-state index in [1.165, 1.54) is 12.1 Å². The Balaban J connectivity index is 1.84. The molecule has 1 aliphatic rings. The fourth-order valence-corrected chi connectivity index (χ4v) is 3.66. The lowest BCUT2D eigenvalue weighted by molar-refractivity contribution is 0.0357. The maximum Gasteiger partial charge on any atom is 0.198 e. The van der Waals surface area contributed by atoms with Crippen LogP contribution in [0.4, 0.5) is 10.1 Å². The zero-order valence-corrected chi connectivity index (χ0v) is 19.3. The molecule has 3 rings (SSSR count). The lowest BCUT2D eigenvalue weighted by Gasteiger charge is -2.32. The van der Waals surface area contributed by atoms with Gasteiger partial charge in [-0.3, -0.25) is 19.8 Å². The van der Waals surface area contributed by atoms with Gasteiger partial charge in [0.25, 0.3) is 0 Å². The summed E-state index contributed by atoms with van der Waals surface area (Å²) in [6.45, 7) is 11.5. The van der Waals surface area contributed by atoms with Crippen LogP contribution in [0, 0.1) is 5.82 Å². The van der Waals surface area contributed by atoms with Crippen molar-refractivity contribution in [3.05, 3.63) is 47.0 Å². The fraction of sp³-hybridized carbons (Fsp3) is 0.522. The summed E-state index contributed by atoms with van der Waals surface area (Å²) in [5.74, 6) is 0.359. The number of nitrogens with one attached hydrogen (secondary N) is 2. The second kappa shape index (κ2) is 10.7. The molecule has 0 radical (unpaired) electrons. The normalized spacial score (nSPS) is 15.6. The van der Waals surface area contributed by atoms with Gasteiger partial charge in [0.2, 0.25) is 0 Å². The molecule has 0 bridgehead atoms. The molecule has 0 spiro atoms. The number of aldehydes is 1. The molecule has 0 saturated carbocycles. The van der Waals surface area contributed by atoms with E-state index in [1.807, 2.05) is 0 Å². The number of halogens is 1. The van der Waals surface area contributed by atoms with E-state index in [-0.39, 0.29) is 11.2 Å². The number of morpholine rings is 1. The smallest absolute Gasteiger partial charge is 0.198 e. The number of anilines is 1. The van der Waals surface area contributed by atoms with Crippen molar-refractivity contribution in [1.29, 1.82) is 0 Å². The molecule has 32 heavy (non-hydrogen) atoms. The number of hydrogen-bond donors (Lipinski definition) is 2. The van der Waals surface area contributed by atoms with E-state index in [4.69, 9.17) is 4.74 Å². The quantitative estimate of drug-likeness (QED) is 0.388. The molecule has 1 aromatic carbocycles. The second-order valence-electron chi connectivity index (χ2n) is 8.90. The Morgan fingerprint density at radius 3 is 2.59 bits per heavy atom. The Morgan fingerprint density at radius 1 is 1.31 bits per heavy atom. The third-order valence-corrected chi connectivity index (χ3v) is 5.48. The minimum atomic E-state index is -0.264. The van der Waals surface area contributed by atoms with Gasteiger partial charge in [0.15, 0.2) is 12.2 Å². The highest BCUT2D eigenvalue weighted by Crippen LogP contribution is 2.29. The number of aromatic amines is 1. The molecule has 2 aromatic rings. The topological polar surface area (TPSA) is 85.8 Å². The number of hydrogen-bond acceptors (Lipinski definition) is 5. The SMILES string of the molecule is CN=C(Nc1c(C=O)n[nH]c1C(C)(C)C)N(CCN1CCOCC1)Cc1ccc(F)cc1. The Hall–Kier alpha value is -2.78. The summed E-state index contributed by atoms with van der Waals surface area (Å²) in [6, 6.07) is 6.48. The number of ether oxygens (including phenoxy) is 1. The van der Waals surface area contributed by atoms with Gasteiger partial charge in [-0.2, -0.15) is 5.10 Å². The van der Waals surface area contributed by atoms with E-state index in [2.05, 4.69) is 51.1 Å². The maximum absolute atomic E-state index is 13.4. The van der Waals surface area contributed by atoms with Crippen molar-refractivity contribution in [2.45, 2.75) is 32.7 Å². The van der Waals surface area contributed by atoms with Crippen molar-refractivity contribution in [1.82, 2.24) is 20.0 Å². The van der Waals surface area contributed by atoms with Gasteiger partial charge >= 0.3 is 0 Å². The first-order valence-electron chi connectivity index (χ1n) is 10.9. The molecule has 1 saturated heterocycles. The first-order valence-corrected chi connectivity index (χ1v) is 10.9. The first kappa shape index (κ1) is 23.9. The van der Waals surface area contributed by atoms with E-state index in [0.29, 0.717) is 30.4 Å². The average molecular weight is 445 g/mol. The number of carbonyl (C=O) groups excluding carboxylic acids is 1. The van der Waals surface area contributed by atoms with Crippen LogP contribution in [-0.4, -0.2) is 78.7 Å². The third kappa shape index (κ3) is 6.14. The number of carbonyl (C=O) groups is 1. The van der Waals surface area contributed by atoms with Crippen LogP contribution >= 0.6 is 0 Å². The molecule has 2 heterocycles. The van der Waals surface area contributed by atoms with Gasteiger partial charge in [-0.15, -0.1) is 0 Å². The molecule has 0 atom stereocenters. The van der Waals surface area contributed by atoms with Gasteiger partial charge in [-0.1, -0.05) is 32.9 Å². The van der Waals surface area contributed by atoms with Crippen molar-refractivity contribution in [3.8, 4) is 0 Å². The molecule has 1 aromatic heterocycles. The Bertz CT molecular complexity index is 914. The van der Waals surface area contributed by atoms with Crippen molar-refractivity contribution in [2.24, 2.45) is 4.99 Å². The highest BCUT2D eigenvalue weighted by Gasteiger charge is 2.26.